The molecule has 0 aliphatic heterocycles. The summed E-state index contributed by atoms with van der Waals surface area (Å²) in [5.41, 5.74) is 7.05. The van der Waals surface area contributed by atoms with Crippen molar-refractivity contribution < 1.29 is 14.3 Å². The van der Waals surface area contributed by atoms with Crippen LogP contribution >= 0.6 is 11.6 Å². The predicted molar refractivity (Wildman–Crippen MR) is 78.8 cm³/mol. The quantitative estimate of drug-likeness (QED) is 0.694. The normalized spacial score (nSPS) is 10.2. The zero-order valence-electron chi connectivity index (χ0n) is 11.1. The predicted octanol–water partition coefficient (Wildman–Crippen LogP) is 3.17. The van der Waals surface area contributed by atoms with Crippen LogP contribution in [0, 0.1) is 0 Å². The highest BCUT2D eigenvalue weighted by Crippen LogP contribution is 2.37. The van der Waals surface area contributed by atoms with Crippen molar-refractivity contribution in [3.63, 3.8) is 0 Å². The first kappa shape index (κ1) is 14.2. The highest BCUT2D eigenvalue weighted by molar-refractivity contribution is 6.34. The maximum Gasteiger partial charge on any atom is 0.196 e. The van der Waals surface area contributed by atoms with E-state index in [-0.39, 0.29) is 10.8 Å². The van der Waals surface area contributed by atoms with Gasteiger partial charge < -0.3 is 15.2 Å². The topological polar surface area (TPSA) is 61.5 Å². The van der Waals surface area contributed by atoms with E-state index in [9.17, 15) is 4.79 Å². The maximum absolute atomic E-state index is 12.5. The minimum Gasteiger partial charge on any atom is -0.495 e. The van der Waals surface area contributed by atoms with Gasteiger partial charge in [0.2, 0.25) is 0 Å². The van der Waals surface area contributed by atoms with Gasteiger partial charge >= 0.3 is 0 Å². The molecule has 0 unspecified atom stereocenters. The van der Waals surface area contributed by atoms with E-state index in [1.54, 1.807) is 36.4 Å². The smallest absolute Gasteiger partial charge is 0.196 e. The molecule has 0 fully saturated rings. The molecule has 0 aromatic heterocycles. The number of ketones is 1. The Labute approximate surface area is 122 Å². The standard InChI is InChI=1S/C15H14ClNO3/c1-19-12-7-6-11(15(20-2)13(12)16)14(18)9-4-3-5-10(17)8-9/h3-8H,17H2,1-2H3. The molecule has 0 saturated carbocycles. The monoisotopic (exact) mass is 291 g/mol. The van der Waals surface area contributed by atoms with Gasteiger partial charge in [0.25, 0.3) is 0 Å². The van der Waals surface area contributed by atoms with Crippen LogP contribution in [0.4, 0.5) is 5.69 Å². The van der Waals surface area contributed by atoms with E-state index in [4.69, 9.17) is 26.8 Å². The van der Waals surface area contributed by atoms with Crippen LogP contribution in [0.3, 0.4) is 0 Å². The number of methoxy groups -OCH3 is 2. The number of hydrogen-bond donors (Lipinski definition) is 1. The molecule has 0 saturated heterocycles. The zero-order valence-corrected chi connectivity index (χ0v) is 11.9. The zero-order chi connectivity index (χ0) is 14.7. The summed E-state index contributed by atoms with van der Waals surface area (Å²) < 4.78 is 10.3. The maximum atomic E-state index is 12.5. The Balaban J connectivity index is 2.52. The van der Waals surface area contributed by atoms with Gasteiger partial charge in [-0.3, -0.25) is 4.79 Å². The molecule has 5 heteroatoms. The minimum atomic E-state index is -0.210. The second-order valence-electron chi connectivity index (χ2n) is 4.12. The van der Waals surface area contributed by atoms with Crippen LogP contribution in [0.2, 0.25) is 5.02 Å². The first-order chi connectivity index (χ1) is 9.58. The summed E-state index contributed by atoms with van der Waals surface area (Å²) in [5, 5.41) is 0.268. The van der Waals surface area contributed by atoms with Crippen LogP contribution < -0.4 is 15.2 Å². The Morgan fingerprint density at radius 2 is 1.90 bits per heavy atom. The Morgan fingerprint density at radius 1 is 1.15 bits per heavy atom. The molecule has 0 aliphatic carbocycles. The van der Waals surface area contributed by atoms with Crippen molar-refractivity contribution in [2.24, 2.45) is 0 Å². The second-order valence-corrected chi connectivity index (χ2v) is 4.50. The Morgan fingerprint density at radius 3 is 2.50 bits per heavy atom. The van der Waals surface area contributed by atoms with Crippen LogP contribution in [-0.2, 0) is 0 Å². The lowest BCUT2D eigenvalue weighted by Gasteiger charge is -2.12. The fourth-order valence-corrected chi connectivity index (χ4v) is 2.23. The Bertz CT molecular complexity index is 656. The molecule has 0 aliphatic rings. The van der Waals surface area contributed by atoms with Crippen molar-refractivity contribution in [2.45, 2.75) is 0 Å². The lowest BCUT2D eigenvalue weighted by Crippen LogP contribution is -2.05. The lowest BCUT2D eigenvalue weighted by molar-refractivity contribution is 0.103. The molecule has 20 heavy (non-hydrogen) atoms. The average molecular weight is 292 g/mol. The van der Waals surface area contributed by atoms with E-state index in [2.05, 4.69) is 0 Å². The van der Waals surface area contributed by atoms with Gasteiger partial charge in [0, 0.05) is 11.3 Å². The number of halogens is 1. The number of benzene rings is 2. The van der Waals surface area contributed by atoms with E-state index in [0.29, 0.717) is 28.3 Å². The number of carbonyl (C=O) groups excluding carboxylic acids is 1. The van der Waals surface area contributed by atoms with Crippen LogP contribution in [0.5, 0.6) is 11.5 Å². The second kappa shape index (κ2) is 5.84. The van der Waals surface area contributed by atoms with E-state index in [0.717, 1.165) is 0 Å². The number of carbonyl (C=O) groups is 1. The van der Waals surface area contributed by atoms with Crippen molar-refractivity contribution in [3.8, 4) is 11.5 Å². The molecular weight excluding hydrogens is 278 g/mol. The average Bonchev–Trinajstić information content (AvgIpc) is 2.46. The van der Waals surface area contributed by atoms with E-state index in [1.165, 1.54) is 14.2 Å². The van der Waals surface area contributed by atoms with Crippen LogP contribution in [0.25, 0.3) is 0 Å². The molecule has 4 nitrogen and oxygen atoms in total. The molecule has 0 amide bonds. The van der Waals surface area contributed by atoms with Crippen molar-refractivity contribution in [2.75, 3.05) is 20.0 Å². The third-order valence-corrected chi connectivity index (χ3v) is 3.24. The largest absolute Gasteiger partial charge is 0.495 e. The molecule has 2 rings (SSSR count). The number of nitrogen functional groups attached to an aromatic ring is 1. The lowest BCUT2D eigenvalue weighted by atomic mass is 10.0. The van der Waals surface area contributed by atoms with Gasteiger partial charge in [-0.25, -0.2) is 0 Å². The molecule has 2 N–H and O–H groups in total. The number of ether oxygens (including phenoxy) is 2. The number of anilines is 1. The molecule has 2 aromatic rings. The van der Waals surface area contributed by atoms with E-state index < -0.39 is 0 Å². The van der Waals surface area contributed by atoms with Crippen molar-refractivity contribution in [1.82, 2.24) is 0 Å². The fourth-order valence-electron chi connectivity index (χ4n) is 1.91. The van der Waals surface area contributed by atoms with Crippen LogP contribution in [-0.4, -0.2) is 20.0 Å². The van der Waals surface area contributed by atoms with Gasteiger partial charge in [0.15, 0.2) is 11.5 Å². The summed E-state index contributed by atoms with van der Waals surface area (Å²) in [6.45, 7) is 0. The minimum absolute atomic E-state index is 0.210. The summed E-state index contributed by atoms with van der Waals surface area (Å²) in [6, 6.07) is 9.99. The summed E-state index contributed by atoms with van der Waals surface area (Å²) >= 11 is 6.15. The van der Waals surface area contributed by atoms with Gasteiger partial charge in [-0.05, 0) is 24.3 Å². The summed E-state index contributed by atoms with van der Waals surface area (Å²) in [6.07, 6.45) is 0. The Hall–Kier alpha value is -2.20. The first-order valence-electron chi connectivity index (χ1n) is 5.89. The van der Waals surface area contributed by atoms with Crippen molar-refractivity contribution >= 4 is 23.1 Å². The number of nitrogens with two attached hydrogens (primary N) is 1. The van der Waals surface area contributed by atoms with Crippen molar-refractivity contribution in [3.05, 3.63) is 52.5 Å². The molecule has 104 valence electrons. The number of hydrogen-bond acceptors (Lipinski definition) is 4. The Kier molecular flexibility index (Phi) is 4.15. The summed E-state index contributed by atoms with van der Waals surface area (Å²) in [4.78, 5) is 12.5. The molecular formula is C15H14ClNO3. The van der Waals surface area contributed by atoms with E-state index >= 15 is 0 Å². The first-order valence-corrected chi connectivity index (χ1v) is 6.27. The highest BCUT2D eigenvalue weighted by Gasteiger charge is 2.19. The van der Waals surface area contributed by atoms with Gasteiger partial charge in [-0.15, -0.1) is 0 Å². The fraction of sp³-hybridized carbons (Fsp3) is 0.133. The molecule has 0 atom stereocenters. The third kappa shape index (κ3) is 2.56. The summed E-state index contributed by atoms with van der Waals surface area (Å²) in [5.74, 6) is 0.532. The number of rotatable bonds is 4. The third-order valence-electron chi connectivity index (χ3n) is 2.88. The van der Waals surface area contributed by atoms with Gasteiger partial charge in [-0.1, -0.05) is 23.7 Å². The SMILES string of the molecule is COc1ccc(C(=O)c2cccc(N)c2)c(OC)c1Cl. The van der Waals surface area contributed by atoms with Gasteiger partial charge in [0.05, 0.1) is 19.8 Å². The summed E-state index contributed by atoms with van der Waals surface area (Å²) in [7, 11) is 2.96. The molecule has 0 spiro atoms. The van der Waals surface area contributed by atoms with E-state index in [1.807, 2.05) is 0 Å². The van der Waals surface area contributed by atoms with Crippen LogP contribution in [0.15, 0.2) is 36.4 Å². The molecule has 0 radical (unpaired) electrons. The highest BCUT2D eigenvalue weighted by atomic mass is 35.5. The van der Waals surface area contributed by atoms with Gasteiger partial charge in [-0.2, -0.15) is 0 Å². The van der Waals surface area contributed by atoms with Crippen molar-refractivity contribution in [1.29, 1.82) is 0 Å². The molecule has 0 heterocycles. The van der Waals surface area contributed by atoms with Crippen LogP contribution in [0.1, 0.15) is 15.9 Å². The molecule has 2 aromatic carbocycles. The molecule has 0 bridgehead atoms. The van der Waals surface area contributed by atoms with Gasteiger partial charge in [0.1, 0.15) is 10.8 Å².